The lowest BCUT2D eigenvalue weighted by molar-refractivity contribution is -0.386. The summed E-state index contributed by atoms with van der Waals surface area (Å²) in [5.74, 6) is -0.845. The van der Waals surface area contributed by atoms with Gasteiger partial charge in [-0.3, -0.25) is 10.1 Å². The zero-order valence-corrected chi connectivity index (χ0v) is 12.3. The molecule has 0 heterocycles. The average Bonchev–Trinajstić information content (AvgIpc) is 2.45. The molecule has 0 radical (unpaired) electrons. The molecule has 0 bridgehead atoms. The molecule has 4 nitrogen and oxygen atoms in total. The molecule has 2 rings (SSSR count). The Morgan fingerprint density at radius 2 is 1.95 bits per heavy atom. The molecule has 1 unspecified atom stereocenters. The first-order valence-corrected chi connectivity index (χ1v) is 6.71. The minimum absolute atomic E-state index is 0.191. The molecule has 21 heavy (non-hydrogen) atoms. The van der Waals surface area contributed by atoms with Gasteiger partial charge in [0.25, 0.3) is 0 Å². The van der Waals surface area contributed by atoms with Gasteiger partial charge in [-0.05, 0) is 36.8 Å². The number of hydrogen-bond acceptors (Lipinski definition) is 3. The second kappa shape index (κ2) is 6.10. The van der Waals surface area contributed by atoms with Crippen LogP contribution in [0.4, 0.5) is 15.8 Å². The number of para-hydroxylation sites is 1. The molecule has 110 valence electrons. The maximum absolute atomic E-state index is 13.7. The Morgan fingerprint density at radius 3 is 2.57 bits per heavy atom. The number of hydrogen-bond donors (Lipinski definition) is 0. The van der Waals surface area contributed by atoms with E-state index in [2.05, 4.69) is 0 Å². The molecular weight excluding hydrogens is 295 g/mol. The summed E-state index contributed by atoms with van der Waals surface area (Å²) in [6.07, 6.45) is 0. The van der Waals surface area contributed by atoms with Crippen molar-refractivity contribution in [2.45, 2.75) is 13.0 Å². The van der Waals surface area contributed by atoms with Gasteiger partial charge in [0.1, 0.15) is 5.69 Å². The van der Waals surface area contributed by atoms with Gasteiger partial charge in [-0.2, -0.15) is 4.39 Å². The van der Waals surface area contributed by atoms with Gasteiger partial charge in [-0.25, -0.2) is 0 Å². The van der Waals surface area contributed by atoms with Gasteiger partial charge in [0.05, 0.1) is 11.0 Å². The lowest BCUT2D eigenvalue weighted by atomic mass is 10.1. The molecule has 1 atom stereocenters. The van der Waals surface area contributed by atoms with E-state index in [4.69, 9.17) is 11.6 Å². The molecule has 6 heteroatoms. The van der Waals surface area contributed by atoms with E-state index in [0.717, 1.165) is 11.6 Å². The Bertz CT molecular complexity index is 678. The standard InChI is InChI=1S/C15H14ClFN2O2/c1-10(11-5-3-6-12(16)9-11)18(2)14-8-4-7-13(17)15(14)19(20)21/h3-10H,1-2H3. The molecule has 0 aliphatic carbocycles. The highest BCUT2D eigenvalue weighted by Crippen LogP contribution is 2.35. The van der Waals surface area contributed by atoms with Crippen molar-refractivity contribution >= 4 is 23.0 Å². The summed E-state index contributed by atoms with van der Waals surface area (Å²) in [5, 5.41) is 11.7. The molecule has 2 aromatic rings. The van der Waals surface area contributed by atoms with Crippen LogP contribution in [0.1, 0.15) is 18.5 Å². The van der Waals surface area contributed by atoms with E-state index in [9.17, 15) is 14.5 Å². The van der Waals surface area contributed by atoms with E-state index < -0.39 is 16.4 Å². The van der Waals surface area contributed by atoms with Crippen molar-refractivity contribution in [3.05, 3.63) is 69.0 Å². The monoisotopic (exact) mass is 308 g/mol. The fraction of sp³-hybridized carbons (Fsp3) is 0.200. The fourth-order valence-electron chi connectivity index (χ4n) is 2.17. The molecule has 0 N–H and O–H groups in total. The van der Waals surface area contributed by atoms with Gasteiger partial charge in [0.15, 0.2) is 0 Å². The lowest BCUT2D eigenvalue weighted by Crippen LogP contribution is -2.22. The Hall–Kier alpha value is -2.14. The number of halogens is 2. The topological polar surface area (TPSA) is 46.4 Å². The first-order chi connectivity index (χ1) is 9.91. The number of benzene rings is 2. The molecular formula is C15H14ClFN2O2. The van der Waals surface area contributed by atoms with Crippen molar-refractivity contribution < 1.29 is 9.31 Å². The van der Waals surface area contributed by atoms with Crippen molar-refractivity contribution in [3.63, 3.8) is 0 Å². The van der Waals surface area contributed by atoms with Crippen LogP contribution in [-0.2, 0) is 0 Å². The second-order valence-corrected chi connectivity index (χ2v) is 5.14. The van der Waals surface area contributed by atoms with Crippen LogP contribution in [-0.4, -0.2) is 12.0 Å². The Labute approximate surface area is 126 Å². The SMILES string of the molecule is CC(c1cccc(Cl)c1)N(C)c1cccc(F)c1[N+](=O)[O-]. The highest BCUT2D eigenvalue weighted by atomic mass is 35.5. The summed E-state index contributed by atoms with van der Waals surface area (Å²) in [4.78, 5) is 12.0. The van der Waals surface area contributed by atoms with Crippen LogP contribution in [0, 0.1) is 15.9 Å². The van der Waals surface area contributed by atoms with Gasteiger partial charge >= 0.3 is 5.69 Å². The van der Waals surface area contributed by atoms with E-state index >= 15 is 0 Å². The van der Waals surface area contributed by atoms with Crippen LogP contribution in [0.2, 0.25) is 5.02 Å². The van der Waals surface area contributed by atoms with Gasteiger partial charge in [0, 0.05) is 12.1 Å². The third-order valence-electron chi connectivity index (χ3n) is 3.44. The van der Waals surface area contributed by atoms with Crippen molar-refractivity contribution in [3.8, 4) is 0 Å². The van der Waals surface area contributed by atoms with Gasteiger partial charge in [0.2, 0.25) is 5.82 Å². The van der Waals surface area contributed by atoms with Crippen LogP contribution in [0.25, 0.3) is 0 Å². The van der Waals surface area contributed by atoms with Crippen molar-refractivity contribution in [2.75, 3.05) is 11.9 Å². The average molecular weight is 309 g/mol. The first-order valence-electron chi connectivity index (χ1n) is 6.33. The number of rotatable bonds is 4. The molecule has 0 aromatic heterocycles. The zero-order chi connectivity index (χ0) is 15.6. The van der Waals surface area contributed by atoms with Crippen LogP contribution in [0.15, 0.2) is 42.5 Å². The van der Waals surface area contributed by atoms with E-state index in [1.54, 1.807) is 24.1 Å². The predicted octanol–water partition coefficient (Wildman–Crippen LogP) is 4.58. The van der Waals surface area contributed by atoms with Crippen LogP contribution >= 0.6 is 11.6 Å². The molecule has 2 aromatic carbocycles. The summed E-state index contributed by atoms with van der Waals surface area (Å²) < 4.78 is 13.7. The molecule has 0 aliphatic heterocycles. The number of nitrogens with zero attached hydrogens (tertiary/aromatic N) is 2. The zero-order valence-electron chi connectivity index (χ0n) is 11.6. The third kappa shape index (κ3) is 3.13. The van der Waals surface area contributed by atoms with E-state index in [0.29, 0.717) is 5.02 Å². The third-order valence-corrected chi connectivity index (χ3v) is 3.68. The highest BCUT2D eigenvalue weighted by molar-refractivity contribution is 6.30. The Kier molecular flexibility index (Phi) is 4.43. The van der Waals surface area contributed by atoms with Gasteiger partial charge in [-0.1, -0.05) is 29.8 Å². The van der Waals surface area contributed by atoms with Crippen molar-refractivity contribution in [1.82, 2.24) is 0 Å². The molecule has 0 saturated carbocycles. The molecule has 0 amide bonds. The minimum atomic E-state index is -0.845. The summed E-state index contributed by atoms with van der Waals surface area (Å²) in [6.45, 7) is 1.88. The quantitative estimate of drug-likeness (QED) is 0.613. The molecule has 0 spiro atoms. The summed E-state index contributed by atoms with van der Waals surface area (Å²) in [7, 11) is 1.69. The van der Waals surface area contributed by atoms with E-state index in [1.165, 1.54) is 12.1 Å². The number of nitro benzene ring substituents is 1. The number of anilines is 1. The van der Waals surface area contributed by atoms with Gasteiger partial charge in [-0.15, -0.1) is 0 Å². The van der Waals surface area contributed by atoms with E-state index in [-0.39, 0.29) is 11.7 Å². The maximum Gasteiger partial charge on any atom is 0.327 e. The Balaban J connectivity index is 2.43. The van der Waals surface area contributed by atoms with Crippen LogP contribution < -0.4 is 4.90 Å². The van der Waals surface area contributed by atoms with Gasteiger partial charge < -0.3 is 4.90 Å². The van der Waals surface area contributed by atoms with Crippen LogP contribution in [0.5, 0.6) is 0 Å². The fourth-order valence-corrected chi connectivity index (χ4v) is 2.37. The highest BCUT2D eigenvalue weighted by Gasteiger charge is 2.25. The summed E-state index contributed by atoms with van der Waals surface area (Å²) >= 11 is 5.96. The summed E-state index contributed by atoms with van der Waals surface area (Å²) in [6, 6.07) is 11.1. The first kappa shape index (κ1) is 15.3. The largest absolute Gasteiger partial charge is 0.362 e. The summed E-state index contributed by atoms with van der Waals surface area (Å²) in [5.41, 5.74) is 0.602. The predicted molar refractivity (Wildman–Crippen MR) is 81.3 cm³/mol. The van der Waals surface area contributed by atoms with Crippen LogP contribution in [0.3, 0.4) is 0 Å². The minimum Gasteiger partial charge on any atom is -0.362 e. The van der Waals surface area contributed by atoms with Crippen molar-refractivity contribution in [1.29, 1.82) is 0 Å². The number of nitro groups is 1. The molecule has 0 fully saturated rings. The lowest BCUT2D eigenvalue weighted by Gasteiger charge is -2.27. The van der Waals surface area contributed by atoms with Crippen molar-refractivity contribution in [2.24, 2.45) is 0 Å². The smallest absolute Gasteiger partial charge is 0.327 e. The second-order valence-electron chi connectivity index (χ2n) is 4.71. The maximum atomic E-state index is 13.7. The van der Waals surface area contributed by atoms with E-state index in [1.807, 2.05) is 19.1 Å². The molecule has 0 saturated heterocycles. The normalized spacial score (nSPS) is 12.0. The molecule has 0 aliphatic rings. The Morgan fingerprint density at radius 1 is 1.29 bits per heavy atom.